The summed E-state index contributed by atoms with van der Waals surface area (Å²) in [7, 11) is 0. The molecule has 4 N–H and O–H groups in total. The molecule has 1 heterocycles. The molecule has 1 aromatic carbocycles. The summed E-state index contributed by atoms with van der Waals surface area (Å²) in [5, 5.41) is 3.52. The molecule has 0 radical (unpaired) electrons. The number of hydrazine groups is 1. The van der Waals surface area contributed by atoms with Crippen molar-refractivity contribution in [1.82, 2.24) is 4.98 Å². The van der Waals surface area contributed by atoms with Crippen molar-refractivity contribution in [2.24, 2.45) is 5.84 Å². The highest BCUT2D eigenvalue weighted by molar-refractivity contribution is 6.35. The van der Waals surface area contributed by atoms with Crippen molar-refractivity contribution in [3.05, 3.63) is 52.3 Å². The number of benzene rings is 1. The predicted molar refractivity (Wildman–Crippen MR) is 76.5 cm³/mol. The number of pyridine rings is 1. The van der Waals surface area contributed by atoms with Crippen LogP contribution in [0.1, 0.15) is 10.5 Å². The first-order valence-corrected chi connectivity index (χ1v) is 6.05. The molecule has 0 fully saturated rings. The second-order valence-corrected chi connectivity index (χ2v) is 4.50. The number of aromatic nitrogens is 1. The van der Waals surface area contributed by atoms with E-state index in [1.807, 2.05) is 0 Å². The third-order valence-corrected chi connectivity index (χ3v) is 2.90. The Morgan fingerprint density at radius 1 is 1.21 bits per heavy atom. The second kappa shape index (κ2) is 5.88. The number of nitrogens with zero attached hydrogens (tertiary/aromatic N) is 1. The molecule has 0 atom stereocenters. The summed E-state index contributed by atoms with van der Waals surface area (Å²) in [6.45, 7) is 0. The highest BCUT2D eigenvalue weighted by atomic mass is 35.5. The number of nitrogen functional groups attached to an aromatic ring is 1. The smallest absolute Gasteiger partial charge is 0.274 e. The zero-order chi connectivity index (χ0) is 13.8. The Kier molecular flexibility index (Phi) is 4.21. The van der Waals surface area contributed by atoms with Crippen molar-refractivity contribution >= 4 is 40.5 Å². The second-order valence-electron chi connectivity index (χ2n) is 3.65. The van der Waals surface area contributed by atoms with Gasteiger partial charge in [0.05, 0.1) is 22.6 Å². The molecule has 0 saturated carbocycles. The molecular formula is C12H10Cl2N4O. The first-order chi connectivity index (χ1) is 9.10. The summed E-state index contributed by atoms with van der Waals surface area (Å²) in [5.41, 5.74) is 3.71. The monoisotopic (exact) mass is 296 g/mol. The lowest BCUT2D eigenvalue weighted by Gasteiger charge is -2.07. The topological polar surface area (TPSA) is 80.0 Å². The van der Waals surface area contributed by atoms with Crippen LogP contribution in [0.25, 0.3) is 0 Å². The first kappa shape index (κ1) is 13.6. The molecule has 2 aromatic rings. The van der Waals surface area contributed by atoms with E-state index in [0.29, 0.717) is 21.4 Å². The maximum absolute atomic E-state index is 12.0. The number of halogens is 2. The third kappa shape index (κ3) is 3.35. The van der Waals surface area contributed by atoms with Crippen LogP contribution >= 0.6 is 23.2 Å². The van der Waals surface area contributed by atoms with Gasteiger partial charge in [-0.1, -0.05) is 23.2 Å². The Morgan fingerprint density at radius 2 is 2.00 bits per heavy atom. The van der Waals surface area contributed by atoms with Gasteiger partial charge in [0.1, 0.15) is 5.69 Å². The number of hydrogen-bond acceptors (Lipinski definition) is 4. The van der Waals surface area contributed by atoms with Gasteiger partial charge >= 0.3 is 0 Å². The Hall–Kier alpha value is -1.82. The van der Waals surface area contributed by atoms with E-state index in [0.717, 1.165) is 0 Å². The quantitative estimate of drug-likeness (QED) is 0.601. The fourth-order valence-corrected chi connectivity index (χ4v) is 1.73. The average Bonchev–Trinajstić information content (AvgIpc) is 2.43. The summed E-state index contributed by atoms with van der Waals surface area (Å²) in [5.74, 6) is 4.83. The van der Waals surface area contributed by atoms with E-state index in [1.165, 1.54) is 6.20 Å². The number of carbonyl (C=O) groups excluding carboxylic acids is 1. The Balaban J connectivity index is 2.18. The van der Waals surface area contributed by atoms with Crippen LogP contribution in [0.2, 0.25) is 10.0 Å². The minimum absolute atomic E-state index is 0.245. The van der Waals surface area contributed by atoms with Crippen molar-refractivity contribution in [2.75, 3.05) is 10.7 Å². The van der Waals surface area contributed by atoms with Gasteiger partial charge in [0.15, 0.2) is 0 Å². The SMILES string of the molecule is NNc1ccc(C(=O)Nc2cc(Cl)ccc2Cl)nc1. The summed E-state index contributed by atoms with van der Waals surface area (Å²) in [4.78, 5) is 15.9. The highest BCUT2D eigenvalue weighted by Crippen LogP contribution is 2.25. The van der Waals surface area contributed by atoms with Gasteiger partial charge in [-0.15, -0.1) is 0 Å². The number of carbonyl (C=O) groups is 1. The minimum Gasteiger partial charge on any atom is -0.323 e. The molecule has 0 spiro atoms. The van der Waals surface area contributed by atoms with Gasteiger partial charge in [-0.05, 0) is 30.3 Å². The molecule has 0 aliphatic rings. The Labute approximate surface area is 119 Å². The van der Waals surface area contributed by atoms with Gasteiger partial charge in [-0.2, -0.15) is 0 Å². The molecule has 0 bridgehead atoms. The predicted octanol–water partition coefficient (Wildman–Crippen LogP) is 2.93. The van der Waals surface area contributed by atoms with Gasteiger partial charge in [-0.25, -0.2) is 4.98 Å². The van der Waals surface area contributed by atoms with E-state index in [-0.39, 0.29) is 11.6 Å². The van der Waals surface area contributed by atoms with E-state index >= 15 is 0 Å². The van der Waals surface area contributed by atoms with Crippen molar-refractivity contribution in [3.8, 4) is 0 Å². The van der Waals surface area contributed by atoms with E-state index in [4.69, 9.17) is 29.0 Å². The number of nitrogens with one attached hydrogen (secondary N) is 2. The summed E-state index contributed by atoms with van der Waals surface area (Å²) in [6, 6.07) is 8.00. The van der Waals surface area contributed by atoms with Gasteiger partial charge in [0.2, 0.25) is 0 Å². The van der Waals surface area contributed by atoms with Crippen LogP contribution in [0, 0.1) is 0 Å². The van der Waals surface area contributed by atoms with E-state index in [2.05, 4.69) is 15.7 Å². The van der Waals surface area contributed by atoms with Crippen LogP contribution in [0.3, 0.4) is 0 Å². The molecule has 0 aliphatic heterocycles. The Bertz CT molecular complexity index is 601. The van der Waals surface area contributed by atoms with Gasteiger partial charge in [0, 0.05) is 5.02 Å². The fraction of sp³-hybridized carbons (Fsp3) is 0. The molecule has 0 saturated heterocycles. The standard InChI is InChI=1S/C12H10Cl2N4O/c13-7-1-3-9(14)11(5-7)17-12(19)10-4-2-8(18-15)6-16-10/h1-6,18H,15H2,(H,17,19). The molecule has 0 aliphatic carbocycles. The molecular weight excluding hydrogens is 287 g/mol. The van der Waals surface area contributed by atoms with Crippen molar-refractivity contribution in [3.63, 3.8) is 0 Å². The zero-order valence-corrected chi connectivity index (χ0v) is 11.2. The van der Waals surface area contributed by atoms with Crippen molar-refractivity contribution in [2.45, 2.75) is 0 Å². The lowest BCUT2D eigenvalue weighted by Crippen LogP contribution is -2.14. The molecule has 2 rings (SSSR count). The Morgan fingerprint density at radius 3 is 2.63 bits per heavy atom. The van der Waals surface area contributed by atoms with Crippen LogP contribution < -0.4 is 16.6 Å². The summed E-state index contributed by atoms with van der Waals surface area (Å²) in [6.07, 6.45) is 1.45. The van der Waals surface area contributed by atoms with Crippen molar-refractivity contribution in [1.29, 1.82) is 0 Å². The number of amides is 1. The van der Waals surface area contributed by atoms with E-state index in [9.17, 15) is 4.79 Å². The molecule has 1 aromatic heterocycles. The zero-order valence-electron chi connectivity index (χ0n) is 9.65. The van der Waals surface area contributed by atoms with Crippen molar-refractivity contribution < 1.29 is 4.79 Å². The average molecular weight is 297 g/mol. The number of nitrogens with two attached hydrogens (primary N) is 1. The van der Waals surface area contributed by atoms with Gasteiger partial charge in [-0.3, -0.25) is 10.6 Å². The highest BCUT2D eigenvalue weighted by Gasteiger charge is 2.10. The largest absolute Gasteiger partial charge is 0.323 e. The van der Waals surface area contributed by atoms with Crippen LogP contribution in [-0.4, -0.2) is 10.9 Å². The summed E-state index contributed by atoms with van der Waals surface area (Å²) < 4.78 is 0. The van der Waals surface area contributed by atoms with E-state index in [1.54, 1.807) is 30.3 Å². The maximum atomic E-state index is 12.0. The van der Waals surface area contributed by atoms with Crippen LogP contribution in [-0.2, 0) is 0 Å². The van der Waals surface area contributed by atoms with Gasteiger partial charge in [0.25, 0.3) is 5.91 Å². The maximum Gasteiger partial charge on any atom is 0.274 e. The van der Waals surface area contributed by atoms with Crippen LogP contribution in [0.4, 0.5) is 11.4 Å². The minimum atomic E-state index is -0.382. The molecule has 1 amide bonds. The molecule has 7 heteroatoms. The lowest BCUT2D eigenvalue weighted by atomic mass is 10.3. The first-order valence-electron chi connectivity index (χ1n) is 5.29. The van der Waals surface area contributed by atoms with E-state index < -0.39 is 0 Å². The molecule has 5 nitrogen and oxygen atoms in total. The normalized spacial score (nSPS) is 10.1. The third-order valence-electron chi connectivity index (χ3n) is 2.34. The fourth-order valence-electron chi connectivity index (χ4n) is 1.39. The number of hydrogen-bond donors (Lipinski definition) is 3. The molecule has 19 heavy (non-hydrogen) atoms. The number of anilines is 2. The van der Waals surface area contributed by atoms with Gasteiger partial charge < -0.3 is 10.7 Å². The summed E-state index contributed by atoms with van der Waals surface area (Å²) >= 11 is 11.8. The lowest BCUT2D eigenvalue weighted by molar-refractivity contribution is 0.102. The molecule has 0 unspecified atom stereocenters. The van der Waals surface area contributed by atoms with Crippen LogP contribution in [0.5, 0.6) is 0 Å². The number of rotatable bonds is 3. The van der Waals surface area contributed by atoms with Crippen LogP contribution in [0.15, 0.2) is 36.5 Å². The molecule has 98 valence electrons.